The first-order chi connectivity index (χ1) is 9.64. The van der Waals surface area contributed by atoms with Crippen LogP contribution < -0.4 is 0 Å². The van der Waals surface area contributed by atoms with E-state index in [1.807, 2.05) is 30.3 Å². The Labute approximate surface area is 121 Å². The summed E-state index contributed by atoms with van der Waals surface area (Å²) in [6, 6.07) is 9.96. The fourth-order valence-corrected chi connectivity index (χ4v) is 4.09. The third kappa shape index (κ3) is 3.69. The van der Waals surface area contributed by atoms with E-state index < -0.39 is 10.2 Å². The van der Waals surface area contributed by atoms with Crippen molar-refractivity contribution >= 4 is 10.2 Å². The summed E-state index contributed by atoms with van der Waals surface area (Å²) < 4.78 is 28.2. The molecular weight excluding hydrogens is 272 g/mol. The summed E-state index contributed by atoms with van der Waals surface area (Å²) >= 11 is 0. The second-order valence-corrected chi connectivity index (χ2v) is 6.92. The van der Waals surface area contributed by atoms with Crippen molar-refractivity contribution < 1.29 is 8.42 Å². The van der Waals surface area contributed by atoms with Crippen molar-refractivity contribution in [1.29, 1.82) is 0 Å². The molecule has 0 N–H and O–H groups in total. The molecule has 0 aromatic heterocycles. The van der Waals surface area contributed by atoms with Crippen LogP contribution in [0.15, 0.2) is 43.0 Å². The molecule has 1 aromatic rings. The van der Waals surface area contributed by atoms with Gasteiger partial charge in [0.1, 0.15) is 0 Å². The van der Waals surface area contributed by atoms with E-state index in [9.17, 15) is 8.42 Å². The van der Waals surface area contributed by atoms with Gasteiger partial charge in [0.2, 0.25) is 0 Å². The molecule has 0 saturated carbocycles. The van der Waals surface area contributed by atoms with Gasteiger partial charge in [-0.3, -0.25) is 0 Å². The molecule has 0 atom stereocenters. The molecule has 0 radical (unpaired) electrons. The summed E-state index contributed by atoms with van der Waals surface area (Å²) in [7, 11) is -3.34. The van der Waals surface area contributed by atoms with Crippen LogP contribution in [-0.4, -0.2) is 43.2 Å². The second-order valence-electron chi connectivity index (χ2n) is 5.00. The molecule has 1 aliphatic rings. The maximum absolute atomic E-state index is 12.5. The molecule has 1 heterocycles. The highest BCUT2D eigenvalue weighted by Gasteiger charge is 2.30. The van der Waals surface area contributed by atoms with Crippen LogP contribution in [0.4, 0.5) is 0 Å². The minimum Gasteiger partial charge on any atom is -0.195 e. The van der Waals surface area contributed by atoms with Gasteiger partial charge in [-0.05, 0) is 24.8 Å². The molecule has 1 saturated heterocycles. The van der Waals surface area contributed by atoms with Gasteiger partial charge >= 0.3 is 0 Å². The van der Waals surface area contributed by atoms with Crippen molar-refractivity contribution in [2.24, 2.45) is 0 Å². The van der Waals surface area contributed by atoms with Crippen molar-refractivity contribution in [2.75, 3.05) is 26.2 Å². The van der Waals surface area contributed by atoms with Gasteiger partial charge in [0, 0.05) is 26.2 Å². The van der Waals surface area contributed by atoms with Gasteiger partial charge in [-0.15, -0.1) is 6.58 Å². The first kappa shape index (κ1) is 15.2. The Bertz CT molecular complexity index is 522. The smallest absolute Gasteiger partial charge is 0.195 e. The third-order valence-corrected chi connectivity index (χ3v) is 5.54. The zero-order valence-corrected chi connectivity index (χ0v) is 12.6. The number of hydrogen-bond donors (Lipinski definition) is 0. The van der Waals surface area contributed by atoms with Gasteiger partial charge in [-0.2, -0.15) is 17.0 Å². The van der Waals surface area contributed by atoms with Gasteiger partial charge in [0.05, 0.1) is 0 Å². The quantitative estimate of drug-likeness (QED) is 0.722. The number of hydrogen-bond acceptors (Lipinski definition) is 2. The van der Waals surface area contributed by atoms with Crippen LogP contribution in [0.2, 0.25) is 0 Å². The Kier molecular flexibility index (Phi) is 5.34. The van der Waals surface area contributed by atoms with Crippen molar-refractivity contribution in [3.63, 3.8) is 0 Å². The Morgan fingerprint density at radius 2 is 1.85 bits per heavy atom. The molecule has 2 rings (SSSR count). The van der Waals surface area contributed by atoms with Gasteiger partial charge in [-0.1, -0.05) is 36.4 Å². The lowest BCUT2D eigenvalue weighted by Crippen LogP contribution is -2.43. The largest absolute Gasteiger partial charge is 0.282 e. The number of rotatable bonds is 7. The van der Waals surface area contributed by atoms with E-state index in [-0.39, 0.29) is 0 Å². The van der Waals surface area contributed by atoms with E-state index in [2.05, 4.69) is 6.58 Å². The molecule has 20 heavy (non-hydrogen) atoms. The fraction of sp³-hybridized carbons (Fsp3) is 0.467. The van der Waals surface area contributed by atoms with Gasteiger partial charge in [-0.25, -0.2) is 0 Å². The molecule has 0 bridgehead atoms. The molecule has 110 valence electrons. The SMILES string of the molecule is C=CCN(CCc1ccccc1)S(=O)(=O)N1CCCC1. The van der Waals surface area contributed by atoms with Crippen LogP contribution >= 0.6 is 0 Å². The molecule has 1 aliphatic heterocycles. The summed E-state index contributed by atoms with van der Waals surface area (Å²) in [4.78, 5) is 0. The summed E-state index contributed by atoms with van der Waals surface area (Å²) in [5.74, 6) is 0. The molecule has 1 aromatic carbocycles. The van der Waals surface area contributed by atoms with Gasteiger partial charge in [0.15, 0.2) is 0 Å². The lowest BCUT2D eigenvalue weighted by molar-refractivity contribution is 0.380. The maximum Gasteiger partial charge on any atom is 0.282 e. The fourth-order valence-electron chi connectivity index (χ4n) is 2.43. The average molecular weight is 294 g/mol. The molecule has 5 heteroatoms. The second kappa shape index (κ2) is 7.02. The van der Waals surface area contributed by atoms with Crippen LogP contribution in [0, 0.1) is 0 Å². The van der Waals surface area contributed by atoms with Crippen molar-refractivity contribution in [1.82, 2.24) is 8.61 Å². The van der Waals surface area contributed by atoms with Crippen LogP contribution in [0.25, 0.3) is 0 Å². The zero-order chi connectivity index (χ0) is 14.4. The predicted molar refractivity (Wildman–Crippen MR) is 81.6 cm³/mol. The lowest BCUT2D eigenvalue weighted by atomic mass is 10.1. The monoisotopic (exact) mass is 294 g/mol. The Hall–Kier alpha value is -1.17. The minimum absolute atomic E-state index is 0.367. The highest BCUT2D eigenvalue weighted by atomic mass is 32.2. The standard InChI is InChI=1S/C15H22N2O2S/c1-2-11-16(14-10-15-8-4-3-5-9-15)20(18,19)17-12-6-7-13-17/h2-5,8-9H,1,6-7,10-14H2. The minimum atomic E-state index is -3.34. The lowest BCUT2D eigenvalue weighted by Gasteiger charge is -2.26. The van der Waals surface area contributed by atoms with Crippen molar-refractivity contribution in [3.05, 3.63) is 48.6 Å². The van der Waals surface area contributed by atoms with E-state index >= 15 is 0 Å². The van der Waals surface area contributed by atoms with Crippen LogP contribution in [0.3, 0.4) is 0 Å². The highest BCUT2D eigenvalue weighted by Crippen LogP contribution is 2.17. The molecule has 0 amide bonds. The molecule has 0 unspecified atom stereocenters. The average Bonchev–Trinajstić information content (AvgIpc) is 2.99. The topological polar surface area (TPSA) is 40.6 Å². The summed E-state index contributed by atoms with van der Waals surface area (Å²) in [6.45, 7) is 5.81. The van der Waals surface area contributed by atoms with E-state index in [1.54, 1.807) is 10.4 Å². The Balaban J connectivity index is 2.04. The normalized spacial score (nSPS) is 16.6. The van der Waals surface area contributed by atoms with Crippen molar-refractivity contribution in [2.45, 2.75) is 19.3 Å². The van der Waals surface area contributed by atoms with Gasteiger partial charge in [0.25, 0.3) is 10.2 Å². The van der Waals surface area contributed by atoms with E-state index in [0.717, 1.165) is 24.8 Å². The summed E-state index contributed by atoms with van der Waals surface area (Å²) in [5, 5.41) is 0. The highest BCUT2D eigenvalue weighted by molar-refractivity contribution is 7.86. The Morgan fingerprint density at radius 1 is 1.20 bits per heavy atom. The first-order valence-electron chi connectivity index (χ1n) is 7.04. The first-order valence-corrected chi connectivity index (χ1v) is 8.44. The molecule has 0 spiro atoms. The molecular formula is C15H22N2O2S. The van der Waals surface area contributed by atoms with Crippen LogP contribution in [-0.2, 0) is 16.6 Å². The number of benzene rings is 1. The third-order valence-electron chi connectivity index (χ3n) is 3.54. The van der Waals surface area contributed by atoms with Crippen LogP contribution in [0.1, 0.15) is 18.4 Å². The molecule has 4 nitrogen and oxygen atoms in total. The zero-order valence-electron chi connectivity index (χ0n) is 11.7. The molecule has 0 aliphatic carbocycles. The predicted octanol–water partition coefficient (Wildman–Crippen LogP) is 2.06. The summed E-state index contributed by atoms with van der Waals surface area (Å²) in [6.07, 6.45) is 4.29. The van der Waals surface area contributed by atoms with E-state index in [4.69, 9.17) is 0 Å². The maximum atomic E-state index is 12.5. The van der Waals surface area contributed by atoms with E-state index in [0.29, 0.717) is 26.2 Å². The van der Waals surface area contributed by atoms with E-state index in [1.165, 1.54) is 4.31 Å². The molecule has 1 fully saturated rings. The number of nitrogens with zero attached hydrogens (tertiary/aromatic N) is 2. The van der Waals surface area contributed by atoms with Crippen LogP contribution in [0.5, 0.6) is 0 Å². The van der Waals surface area contributed by atoms with Gasteiger partial charge < -0.3 is 0 Å². The van der Waals surface area contributed by atoms with Crippen molar-refractivity contribution in [3.8, 4) is 0 Å². The Morgan fingerprint density at radius 3 is 2.45 bits per heavy atom. The summed E-state index contributed by atoms with van der Waals surface area (Å²) in [5.41, 5.74) is 1.15.